The summed E-state index contributed by atoms with van der Waals surface area (Å²) in [5.74, 6) is -0.753. The number of carboxylic acid groups (broad SMARTS) is 1. The fourth-order valence-electron chi connectivity index (χ4n) is 2.25. The first kappa shape index (κ1) is 11.0. The van der Waals surface area contributed by atoms with E-state index >= 15 is 0 Å². The van der Waals surface area contributed by atoms with E-state index in [0.717, 1.165) is 18.5 Å². The summed E-state index contributed by atoms with van der Waals surface area (Å²) in [7, 11) is 0. The second kappa shape index (κ2) is 5.01. The first-order valence-electron chi connectivity index (χ1n) is 5.84. The molecule has 0 radical (unpaired) electrons. The van der Waals surface area contributed by atoms with E-state index in [-0.39, 0.29) is 6.42 Å². The van der Waals surface area contributed by atoms with Gasteiger partial charge in [-0.2, -0.15) is 0 Å². The summed E-state index contributed by atoms with van der Waals surface area (Å²) >= 11 is 0. The summed E-state index contributed by atoms with van der Waals surface area (Å²) in [5.41, 5.74) is 3.93. The molecule has 3 heteroatoms. The molecule has 2 N–H and O–H groups in total. The van der Waals surface area contributed by atoms with E-state index in [9.17, 15) is 4.79 Å². The van der Waals surface area contributed by atoms with Crippen LogP contribution >= 0.6 is 0 Å². The molecule has 16 heavy (non-hydrogen) atoms. The van der Waals surface area contributed by atoms with Crippen LogP contribution < -0.4 is 5.32 Å². The van der Waals surface area contributed by atoms with Crippen molar-refractivity contribution in [3.63, 3.8) is 0 Å². The third-order valence-electron chi connectivity index (χ3n) is 3.05. The third kappa shape index (κ3) is 2.54. The van der Waals surface area contributed by atoms with Crippen LogP contribution in [-0.2, 0) is 17.6 Å². The monoisotopic (exact) mass is 219 g/mol. The number of nitrogens with one attached hydrogen (secondary N) is 1. The zero-order valence-electron chi connectivity index (χ0n) is 9.33. The molecule has 0 spiro atoms. The van der Waals surface area contributed by atoms with E-state index in [1.54, 1.807) is 0 Å². The molecule has 0 fully saturated rings. The lowest BCUT2D eigenvalue weighted by atomic mass is 9.90. The Morgan fingerprint density at radius 1 is 1.31 bits per heavy atom. The average Bonchev–Trinajstić information content (AvgIpc) is 2.29. The molecule has 2 rings (SSSR count). The summed E-state index contributed by atoms with van der Waals surface area (Å²) in [6, 6.07) is 6.27. The molecule has 0 aromatic heterocycles. The zero-order chi connectivity index (χ0) is 11.4. The maximum Gasteiger partial charge on any atom is 0.305 e. The predicted octanol–water partition coefficient (Wildman–Crippen LogP) is 2.45. The van der Waals surface area contributed by atoms with E-state index < -0.39 is 5.97 Å². The van der Waals surface area contributed by atoms with Gasteiger partial charge in [-0.15, -0.1) is 0 Å². The Bertz CT molecular complexity index is 388. The van der Waals surface area contributed by atoms with Gasteiger partial charge in [0.05, 0.1) is 6.42 Å². The minimum absolute atomic E-state index is 0.170. The van der Waals surface area contributed by atoms with Gasteiger partial charge in [-0.3, -0.25) is 4.79 Å². The number of carboxylic acids is 1. The van der Waals surface area contributed by atoms with Crippen molar-refractivity contribution < 1.29 is 9.90 Å². The SMILES string of the molecule is O=C(O)CCNc1cccc2c1CCCC2. The van der Waals surface area contributed by atoms with Gasteiger partial charge in [-0.25, -0.2) is 0 Å². The standard InChI is InChI=1S/C13H17NO2/c15-13(16)8-9-14-12-7-3-5-10-4-1-2-6-11(10)12/h3,5,7,14H,1-2,4,6,8-9H2,(H,15,16). The molecule has 0 bridgehead atoms. The Labute approximate surface area is 95.5 Å². The maximum atomic E-state index is 10.4. The lowest BCUT2D eigenvalue weighted by molar-refractivity contribution is -0.136. The first-order valence-corrected chi connectivity index (χ1v) is 5.84. The molecule has 0 atom stereocenters. The predicted molar refractivity (Wildman–Crippen MR) is 63.8 cm³/mol. The maximum absolute atomic E-state index is 10.4. The van der Waals surface area contributed by atoms with E-state index in [2.05, 4.69) is 11.4 Å². The van der Waals surface area contributed by atoms with Crippen molar-refractivity contribution in [2.45, 2.75) is 32.1 Å². The molecule has 0 heterocycles. The van der Waals surface area contributed by atoms with Crippen molar-refractivity contribution in [1.29, 1.82) is 0 Å². The molecule has 0 saturated carbocycles. The van der Waals surface area contributed by atoms with Gasteiger partial charge >= 0.3 is 5.97 Å². The minimum atomic E-state index is -0.753. The van der Waals surface area contributed by atoms with Crippen LogP contribution in [0.2, 0.25) is 0 Å². The Kier molecular flexibility index (Phi) is 3.44. The van der Waals surface area contributed by atoms with Crippen LogP contribution in [0.25, 0.3) is 0 Å². The highest BCUT2D eigenvalue weighted by Crippen LogP contribution is 2.27. The number of fused-ring (bicyclic) bond motifs is 1. The van der Waals surface area contributed by atoms with E-state index in [1.165, 1.54) is 24.0 Å². The van der Waals surface area contributed by atoms with E-state index in [1.807, 2.05) is 12.1 Å². The van der Waals surface area contributed by atoms with Crippen molar-refractivity contribution in [2.24, 2.45) is 0 Å². The van der Waals surface area contributed by atoms with Gasteiger partial charge in [-0.1, -0.05) is 12.1 Å². The lowest BCUT2D eigenvalue weighted by Gasteiger charge is -2.19. The van der Waals surface area contributed by atoms with Crippen LogP contribution in [0.3, 0.4) is 0 Å². The van der Waals surface area contributed by atoms with E-state index in [4.69, 9.17) is 5.11 Å². The van der Waals surface area contributed by atoms with Crippen molar-refractivity contribution in [1.82, 2.24) is 0 Å². The number of hydrogen-bond donors (Lipinski definition) is 2. The van der Waals surface area contributed by atoms with Crippen LogP contribution in [0.15, 0.2) is 18.2 Å². The molecule has 0 amide bonds. The van der Waals surface area contributed by atoms with Gasteiger partial charge in [0.1, 0.15) is 0 Å². The van der Waals surface area contributed by atoms with Gasteiger partial charge in [0.15, 0.2) is 0 Å². The second-order valence-corrected chi connectivity index (χ2v) is 4.22. The van der Waals surface area contributed by atoms with Gasteiger partial charge in [0.25, 0.3) is 0 Å². The average molecular weight is 219 g/mol. The smallest absolute Gasteiger partial charge is 0.305 e. The van der Waals surface area contributed by atoms with Gasteiger partial charge < -0.3 is 10.4 Å². The molecule has 0 saturated heterocycles. The van der Waals surface area contributed by atoms with Crippen molar-refractivity contribution >= 4 is 11.7 Å². The number of anilines is 1. The molecule has 1 aromatic carbocycles. The number of rotatable bonds is 4. The summed E-state index contributed by atoms with van der Waals surface area (Å²) in [4.78, 5) is 10.4. The Morgan fingerprint density at radius 2 is 2.12 bits per heavy atom. The fraction of sp³-hybridized carbons (Fsp3) is 0.462. The number of aryl methyl sites for hydroxylation is 1. The van der Waals surface area contributed by atoms with Gasteiger partial charge in [0, 0.05) is 12.2 Å². The molecule has 3 nitrogen and oxygen atoms in total. The number of carbonyl (C=O) groups is 1. The molecular weight excluding hydrogens is 202 g/mol. The highest BCUT2D eigenvalue weighted by atomic mass is 16.4. The Balaban J connectivity index is 2.05. The fourth-order valence-corrected chi connectivity index (χ4v) is 2.25. The minimum Gasteiger partial charge on any atom is -0.481 e. The Hall–Kier alpha value is -1.51. The van der Waals surface area contributed by atoms with Gasteiger partial charge in [-0.05, 0) is 42.9 Å². The largest absolute Gasteiger partial charge is 0.481 e. The third-order valence-corrected chi connectivity index (χ3v) is 3.05. The molecule has 86 valence electrons. The van der Waals surface area contributed by atoms with Crippen LogP contribution in [0.5, 0.6) is 0 Å². The van der Waals surface area contributed by atoms with Crippen LogP contribution in [0.1, 0.15) is 30.4 Å². The van der Waals surface area contributed by atoms with Crippen molar-refractivity contribution in [2.75, 3.05) is 11.9 Å². The quantitative estimate of drug-likeness (QED) is 0.817. The topological polar surface area (TPSA) is 49.3 Å². The highest BCUT2D eigenvalue weighted by molar-refractivity contribution is 5.67. The normalized spacial score (nSPS) is 14.2. The first-order chi connectivity index (χ1) is 7.77. The molecule has 1 aliphatic carbocycles. The molecule has 1 aromatic rings. The summed E-state index contributed by atoms with van der Waals surface area (Å²) in [6.07, 6.45) is 4.95. The van der Waals surface area contributed by atoms with Gasteiger partial charge in [0.2, 0.25) is 0 Å². The number of benzene rings is 1. The van der Waals surface area contributed by atoms with Crippen LogP contribution in [-0.4, -0.2) is 17.6 Å². The van der Waals surface area contributed by atoms with Crippen LogP contribution in [0.4, 0.5) is 5.69 Å². The number of aliphatic carboxylic acids is 1. The lowest BCUT2D eigenvalue weighted by Crippen LogP contribution is -2.11. The Morgan fingerprint density at radius 3 is 2.94 bits per heavy atom. The van der Waals surface area contributed by atoms with Crippen molar-refractivity contribution in [3.05, 3.63) is 29.3 Å². The van der Waals surface area contributed by atoms with Crippen molar-refractivity contribution in [3.8, 4) is 0 Å². The highest BCUT2D eigenvalue weighted by Gasteiger charge is 2.12. The summed E-state index contributed by atoms with van der Waals surface area (Å²) in [6.45, 7) is 0.506. The molecule has 0 aliphatic heterocycles. The summed E-state index contributed by atoms with van der Waals surface area (Å²) in [5, 5.41) is 11.8. The molecular formula is C13H17NO2. The zero-order valence-corrected chi connectivity index (χ0v) is 9.33. The molecule has 1 aliphatic rings. The second-order valence-electron chi connectivity index (χ2n) is 4.22. The summed E-state index contributed by atoms with van der Waals surface area (Å²) < 4.78 is 0. The van der Waals surface area contributed by atoms with Crippen LogP contribution in [0, 0.1) is 0 Å². The number of hydrogen-bond acceptors (Lipinski definition) is 2. The molecule has 0 unspecified atom stereocenters. The van der Waals surface area contributed by atoms with E-state index in [0.29, 0.717) is 6.54 Å².